The van der Waals surface area contributed by atoms with Gasteiger partial charge in [-0.25, -0.2) is 0 Å². The fourth-order valence-electron chi connectivity index (χ4n) is 2.17. The van der Waals surface area contributed by atoms with Crippen LogP contribution in [0.5, 0.6) is 0 Å². The van der Waals surface area contributed by atoms with Gasteiger partial charge in [-0.2, -0.15) is 13.2 Å². The summed E-state index contributed by atoms with van der Waals surface area (Å²) in [7, 11) is 1.63. The van der Waals surface area contributed by atoms with Gasteiger partial charge in [0.1, 0.15) is 0 Å². The number of amides is 1. The molecule has 0 unspecified atom stereocenters. The maximum absolute atomic E-state index is 12.6. The summed E-state index contributed by atoms with van der Waals surface area (Å²) in [6.07, 6.45) is -3.61. The van der Waals surface area contributed by atoms with Crippen LogP contribution in [0.3, 0.4) is 0 Å². The van der Waals surface area contributed by atoms with Crippen LogP contribution >= 0.6 is 0 Å². The molecule has 1 aromatic rings. The largest absolute Gasteiger partial charge is 0.416 e. The molecule has 0 bridgehead atoms. The van der Waals surface area contributed by atoms with Gasteiger partial charge in [-0.1, -0.05) is 6.07 Å². The molecule has 1 amide bonds. The zero-order valence-corrected chi connectivity index (χ0v) is 10.5. The standard InChI is InChI=1S/C13H15F3N2O/c1-18(11-5-6-17-8-11)12(19)9-3-2-4-10(7-9)13(14,15)16/h2-4,7,11,17H,5-6,8H2,1H3/t11-/m1/s1. The first-order valence-electron chi connectivity index (χ1n) is 6.05. The fourth-order valence-corrected chi connectivity index (χ4v) is 2.17. The average molecular weight is 272 g/mol. The number of carbonyl (C=O) groups is 1. The van der Waals surface area contributed by atoms with E-state index in [1.165, 1.54) is 17.0 Å². The summed E-state index contributed by atoms with van der Waals surface area (Å²) in [5.41, 5.74) is -0.722. The van der Waals surface area contributed by atoms with Gasteiger partial charge in [0.25, 0.3) is 5.91 Å². The lowest BCUT2D eigenvalue weighted by Crippen LogP contribution is -2.38. The second kappa shape index (κ2) is 5.21. The van der Waals surface area contributed by atoms with E-state index in [4.69, 9.17) is 0 Å². The number of likely N-dealkylation sites (N-methyl/N-ethyl adjacent to an activating group) is 1. The van der Waals surface area contributed by atoms with Gasteiger partial charge in [0.05, 0.1) is 5.56 Å². The molecule has 1 fully saturated rings. The molecular formula is C13H15F3N2O. The van der Waals surface area contributed by atoms with Crippen molar-refractivity contribution < 1.29 is 18.0 Å². The zero-order chi connectivity index (χ0) is 14.0. The Balaban J connectivity index is 2.19. The molecule has 104 valence electrons. The molecule has 0 radical (unpaired) electrons. The van der Waals surface area contributed by atoms with Crippen molar-refractivity contribution in [2.75, 3.05) is 20.1 Å². The maximum Gasteiger partial charge on any atom is 0.416 e. The van der Waals surface area contributed by atoms with E-state index in [0.29, 0.717) is 6.54 Å². The summed E-state index contributed by atoms with van der Waals surface area (Å²) in [5, 5.41) is 3.12. The molecule has 1 N–H and O–H groups in total. The van der Waals surface area contributed by atoms with Gasteiger partial charge in [0.2, 0.25) is 0 Å². The van der Waals surface area contributed by atoms with Crippen molar-refractivity contribution >= 4 is 5.91 Å². The van der Waals surface area contributed by atoms with Crippen LogP contribution in [-0.4, -0.2) is 37.0 Å². The van der Waals surface area contributed by atoms with Crippen molar-refractivity contribution in [1.82, 2.24) is 10.2 Å². The van der Waals surface area contributed by atoms with Gasteiger partial charge in [-0.05, 0) is 31.2 Å². The Morgan fingerprint density at radius 3 is 2.74 bits per heavy atom. The van der Waals surface area contributed by atoms with Crippen LogP contribution in [0.25, 0.3) is 0 Å². The molecule has 1 saturated heterocycles. The smallest absolute Gasteiger partial charge is 0.337 e. The summed E-state index contributed by atoms with van der Waals surface area (Å²) < 4.78 is 37.8. The van der Waals surface area contributed by atoms with Crippen molar-refractivity contribution in [3.8, 4) is 0 Å². The SMILES string of the molecule is CN(C(=O)c1cccc(C(F)(F)F)c1)[C@@H]1CCNC1. The summed E-state index contributed by atoms with van der Waals surface area (Å²) in [6, 6.07) is 4.59. The van der Waals surface area contributed by atoms with Gasteiger partial charge in [0, 0.05) is 25.2 Å². The number of benzene rings is 1. The van der Waals surface area contributed by atoms with Crippen LogP contribution in [0.15, 0.2) is 24.3 Å². The molecule has 19 heavy (non-hydrogen) atoms. The number of carbonyl (C=O) groups excluding carboxylic acids is 1. The molecular weight excluding hydrogens is 257 g/mol. The van der Waals surface area contributed by atoms with Crippen LogP contribution in [0.1, 0.15) is 22.3 Å². The van der Waals surface area contributed by atoms with Crippen LogP contribution in [0.2, 0.25) is 0 Å². The van der Waals surface area contributed by atoms with E-state index < -0.39 is 11.7 Å². The molecule has 1 aliphatic heterocycles. The van der Waals surface area contributed by atoms with Crippen molar-refractivity contribution in [2.45, 2.75) is 18.6 Å². The summed E-state index contributed by atoms with van der Waals surface area (Å²) >= 11 is 0. The average Bonchev–Trinajstić information content (AvgIpc) is 2.90. The number of hydrogen-bond acceptors (Lipinski definition) is 2. The molecule has 2 rings (SSSR count). The van der Waals surface area contributed by atoms with Crippen LogP contribution in [-0.2, 0) is 6.18 Å². The molecule has 0 aliphatic carbocycles. The topological polar surface area (TPSA) is 32.3 Å². The highest BCUT2D eigenvalue weighted by Crippen LogP contribution is 2.29. The van der Waals surface area contributed by atoms with Crippen molar-refractivity contribution in [1.29, 1.82) is 0 Å². The predicted molar refractivity (Wildman–Crippen MR) is 64.8 cm³/mol. The van der Waals surface area contributed by atoms with E-state index >= 15 is 0 Å². The second-order valence-corrected chi connectivity index (χ2v) is 4.64. The Morgan fingerprint density at radius 1 is 1.42 bits per heavy atom. The maximum atomic E-state index is 12.6. The first kappa shape index (κ1) is 13.9. The number of hydrogen-bond donors (Lipinski definition) is 1. The lowest BCUT2D eigenvalue weighted by molar-refractivity contribution is -0.137. The monoisotopic (exact) mass is 272 g/mol. The minimum Gasteiger partial charge on any atom is -0.337 e. The Labute approximate surface area is 109 Å². The fraction of sp³-hybridized carbons (Fsp3) is 0.462. The number of nitrogens with one attached hydrogen (secondary N) is 1. The number of nitrogens with zero attached hydrogens (tertiary/aromatic N) is 1. The molecule has 0 spiro atoms. The zero-order valence-electron chi connectivity index (χ0n) is 10.5. The van der Waals surface area contributed by atoms with E-state index in [1.807, 2.05) is 0 Å². The lowest BCUT2D eigenvalue weighted by Gasteiger charge is -2.24. The highest BCUT2D eigenvalue weighted by Gasteiger charge is 2.31. The highest BCUT2D eigenvalue weighted by atomic mass is 19.4. The highest BCUT2D eigenvalue weighted by molar-refractivity contribution is 5.94. The van der Waals surface area contributed by atoms with Crippen LogP contribution < -0.4 is 5.32 Å². The molecule has 1 heterocycles. The molecule has 0 aromatic heterocycles. The van der Waals surface area contributed by atoms with E-state index in [9.17, 15) is 18.0 Å². The minimum absolute atomic E-state index is 0.0436. The molecule has 3 nitrogen and oxygen atoms in total. The third kappa shape index (κ3) is 3.07. The second-order valence-electron chi connectivity index (χ2n) is 4.64. The van der Waals surface area contributed by atoms with E-state index in [1.54, 1.807) is 7.05 Å². The minimum atomic E-state index is -4.43. The molecule has 1 aromatic carbocycles. The van der Waals surface area contributed by atoms with Crippen molar-refractivity contribution in [2.24, 2.45) is 0 Å². The van der Waals surface area contributed by atoms with Gasteiger partial charge < -0.3 is 10.2 Å². The molecule has 1 aliphatic rings. The Morgan fingerprint density at radius 2 is 2.16 bits per heavy atom. The van der Waals surface area contributed by atoms with E-state index in [-0.39, 0.29) is 17.5 Å². The number of halogens is 3. The quantitative estimate of drug-likeness (QED) is 0.894. The number of alkyl halides is 3. The molecule has 6 heteroatoms. The van der Waals surface area contributed by atoms with E-state index in [0.717, 1.165) is 25.1 Å². The predicted octanol–water partition coefficient (Wildman–Crippen LogP) is 2.14. The molecule has 1 atom stereocenters. The van der Waals surface area contributed by atoms with Gasteiger partial charge >= 0.3 is 6.18 Å². The van der Waals surface area contributed by atoms with Gasteiger partial charge in [-0.15, -0.1) is 0 Å². The lowest BCUT2D eigenvalue weighted by atomic mass is 10.1. The number of rotatable bonds is 2. The van der Waals surface area contributed by atoms with Gasteiger partial charge in [0.15, 0.2) is 0 Å². The first-order valence-corrected chi connectivity index (χ1v) is 6.05. The Hall–Kier alpha value is -1.56. The Kier molecular flexibility index (Phi) is 3.80. The summed E-state index contributed by atoms with van der Waals surface area (Å²) in [6.45, 7) is 1.51. The summed E-state index contributed by atoms with van der Waals surface area (Å²) in [4.78, 5) is 13.7. The Bertz CT molecular complexity index is 467. The van der Waals surface area contributed by atoms with Crippen molar-refractivity contribution in [3.63, 3.8) is 0 Å². The van der Waals surface area contributed by atoms with E-state index in [2.05, 4.69) is 5.32 Å². The molecule has 0 saturated carbocycles. The van der Waals surface area contributed by atoms with Crippen LogP contribution in [0.4, 0.5) is 13.2 Å². The van der Waals surface area contributed by atoms with Crippen LogP contribution in [0, 0.1) is 0 Å². The first-order chi connectivity index (χ1) is 8.89. The van der Waals surface area contributed by atoms with Gasteiger partial charge in [-0.3, -0.25) is 4.79 Å². The third-order valence-electron chi connectivity index (χ3n) is 3.34. The normalized spacial score (nSPS) is 19.5. The van der Waals surface area contributed by atoms with Crippen molar-refractivity contribution in [3.05, 3.63) is 35.4 Å². The summed E-state index contributed by atoms with van der Waals surface area (Å²) in [5.74, 6) is -0.375. The third-order valence-corrected chi connectivity index (χ3v) is 3.34.